The molecule has 1 aliphatic heterocycles. The van der Waals surface area contributed by atoms with Crippen LogP contribution in [0.4, 0.5) is 0 Å². The van der Waals surface area contributed by atoms with Crippen LogP contribution in [-0.2, 0) is 19.4 Å². The fourth-order valence-corrected chi connectivity index (χ4v) is 3.97. The van der Waals surface area contributed by atoms with Crippen molar-refractivity contribution in [2.24, 2.45) is 5.92 Å². The maximum absolute atomic E-state index is 12.7. The van der Waals surface area contributed by atoms with E-state index in [1.165, 1.54) is 0 Å². The first-order valence-electron chi connectivity index (χ1n) is 6.93. The number of carbonyl (C=O) groups is 2. The van der Waals surface area contributed by atoms with Crippen molar-refractivity contribution in [3.8, 4) is 0 Å². The number of carbonyl (C=O) groups excluding carboxylic acids is 2. The molecule has 0 radical (unpaired) electrons. The first-order valence-corrected chi connectivity index (χ1v) is 8.99. The Balaban J connectivity index is 2.23. The molecule has 20 heavy (non-hydrogen) atoms. The Bertz CT molecular complexity index is 526. The lowest BCUT2D eigenvalue weighted by molar-refractivity contribution is -0.140. The van der Waals surface area contributed by atoms with Gasteiger partial charge in [0.25, 0.3) is 0 Å². The summed E-state index contributed by atoms with van der Waals surface area (Å²) in [6.07, 6.45) is 3.24. The number of hydrogen-bond acceptors (Lipinski definition) is 4. The minimum Gasteiger partial charge on any atom is -0.342 e. The predicted molar refractivity (Wildman–Crippen MR) is 74.8 cm³/mol. The highest BCUT2D eigenvalue weighted by atomic mass is 32.2. The lowest BCUT2D eigenvalue weighted by Crippen LogP contribution is -2.58. The van der Waals surface area contributed by atoms with Gasteiger partial charge in [-0.25, -0.2) is 8.42 Å². The highest BCUT2D eigenvalue weighted by Crippen LogP contribution is 2.41. The summed E-state index contributed by atoms with van der Waals surface area (Å²) in [6.45, 7) is 3.77. The highest BCUT2D eigenvalue weighted by molar-refractivity contribution is 7.90. The van der Waals surface area contributed by atoms with Gasteiger partial charge in [-0.05, 0) is 32.6 Å². The fraction of sp³-hybridized carbons (Fsp3) is 0.846. The molecule has 1 aliphatic carbocycles. The lowest BCUT2D eigenvalue weighted by atomic mass is 9.93. The number of nitrogens with zero attached hydrogens (tertiary/aromatic N) is 1. The van der Waals surface area contributed by atoms with E-state index in [0.717, 1.165) is 19.1 Å². The molecular weight excluding hydrogens is 280 g/mol. The van der Waals surface area contributed by atoms with Gasteiger partial charge >= 0.3 is 0 Å². The topological polar surface area (TPSA) is 83.6 Å². The fourth-order valence-electron chi connectivity index (χ4n) is 2.91. The first-order chi connectivity index (χ1) is 9.13. The van der Waals surface area contributed by atoms with Crippen molar-refractivity contribution in [2.75, 3.05) is 18.6 Å². The molecule has 0 spiro atoms. The quantitative estimate of drug-likeness (QED) is 0.788. The average Bonchev–Trinajstić information content (AvgIpc) is 3.08. The van der Waals surface area contributed by atoms with E-state index in [9.17, 15) is 18.0 Å². The second-order valence-electron chi connectivity index (χ2n) is 6.21. The Morgan fingerprint density at radius 2 is 2.00 bits per heavy atom. The predicted octanol–water partition coefficient (Wildman–Crippen LogP) is -0.0633. The van der Waals surface area contributed by atoms with E-state index >= 15 is 0 Å². The van der Waals surface area contributed by atoms with Gasteiger partial charge in [0, 0.05) is 25.3 Å². The maximum atomic E-state index is 12.7. The minimum atomic E-state index is -3.16. The molecule has 2 fully saturated rings. The molecule has 2 aliphatic rings. The van der Waals surface area contributed by atoms with Crippen LogP contribution in [0.5, 0.6) is 0 Å². The molecule has 1 saturated carbocycles. The first kappa shape index (κ1) is 15.3. The molecule has 0 aromatic heterocycles. The summed E-state index contributed by atoms with van der Waals surface area (Å²) in [5.74, 6) is -0.193. The average molecular weight is 302 g/mol. The number of nitrogens with one attached hydrogen (secondary N) is 1. The number of hydrogen-bond donors (Lipinski definition) is 1. The lowest BCUT2D eigenvalue weighted by Gasteiger charge is -2.35. The standard InChI is InChI=1S/C13H22N2O4S/c1-9(8-20(3,18)19)15-7-6-11(16)14-13(2,12(15)17)10-4-5-10/h9-10H,4-8H2,1-3H3,(H,14,16). The molecule has 1 heterocycles. The summed E-state index contributed by atoms with van der Waals surface area (Å²) in [5.41, 5.74) is -0.876. The van der Waals surface area contributed by atoms with Gasteiger partial charge in [0.05, 0.1) is 5.75 Å². The minimum absolute atomic E-state index is 0.0757. The highest BCUT2D eigenvalue weighted by Gasteiger charge is 2.51. The zero-order chi connectivity index (χ0) is 15.1. The van der Waals surface area contributed by atoms with Crippen LogP contribution in [0.1, 0.15) is 33.1 Å². The van der Waals surface area contributed by atoms with Crippen molar-refractivity contribution in [3.05, 3.63) is 0 Å². The van der Waals surface area contributed by atoms with Gasteiger partial charge in [0.1, 0.15) is 15.4 Å². The van der Waals surface area contributed by atoms with Crippen LogP contribution < -0.4 is 5.32 Å². The molecule has 1 N–H and O–H groups in total. The van der Waals surface area contributed by atoms with Crippen molar-refractivity contribution in [3.63, 3.8) is 0 Å². The number of amides is 2. The van der Waals surface area contributed by atoms with Gasteiger partial charge < -0.3 is 10.2 Å². The Hall–Kier alpha value is -1.11. The second kappa shape index (κ2) is 5.02. The van der Waals surface area contributed by atoms with Crippen LogP contribution in [0, 0.1) is 5.92 Å². The van der Waals surface area contributed by atoms with E-state index in [1.807, 2.05) is 0 Å². The van der Waals surface area contributed by atoms with E-state index in [0.29, 0.717) is 0 Å². The van der Waals surface area contributed by atoms with Gasteiger partial charge in [-0.2, -0.15) is 0 Å². The van der Waals surface area contributed by atoms with Crippen molar-refractivity contribution < 1.29 is 18.0 Å². The van der Waals surface area contributed by atoms with Gasteiger partial charge in [0.2, 0.25) is 11.8 Å². The zero-order valence-electron chi connectivity index (χ0n) is 12.2. The summed E-state index contributed by atoms with van der Waals surface area (Å²) in [6, 6.07) is -0.414. The molecule has 7 heteroatoms. The molecule has 0 bridgehead atoms. The van der Waals surface area contributed by atoms with E-state index in [1.54, 1.807) is 18.7 Å². The molecule has 6 nitrogen and oxygen atoms in total. The van der Waals surface area contributed by atoms with Crippen molar-refractivity contribution in [2.45, 2.75) is 44.7 Å². The Morgan fingerprint density at radius 1 is 1.40 bits per heavy atom. The van der Waals surface area contributed by atoms with Gasteiger partial charge in [0.15, 0.2) is 0 Å². The monoisotopic (exact) mass is 302 g/mol. The molecule has 2 rings (SSSR count). The van der Waals surface area contributed by atoms with Gasteiger partial charge in [-0.3, -0.25) is 9.59 Å². The van der Waals surface area contributed by atoms with Crippen LogP contribution in [0.25, 0.3) is 0 Å². The molecule has 0 aromatic rings. The van der Waals surface area contributed by atoms with Crippen molar-refractivity contribution in [1.82, 2.24) is 10.2 Å². The third-order valence-electron chi connectivity index (χ3n) is 4.15. The molecular formula is C13H22N2O4S. The maximum Gasteiger partial charge on any atom is 0.248 e. The Kier molecular flexibility index (Phi) is 3.83. The SMILES string of the molecule is CC(CS(C)(=O)=O)N1CCC(=O)NC(C)(C2CC2)C1=O. The molecule has 0 aromatic carbocycles. The number of sulfone groups is 1. The van der Waals surface area contributed by atoms with Crippen LogP contribution in [-0.4, -0.2) is 55.3 Å². The van der Waals surface area contributed by atoms with Crippen LogP contribution in [0.2, 0.25) is 0 Å². The van der Waals surface area contributed by atoms with E-state index in [-0.39, 0.29) is 36.5 Å². The van der Waals surface area contributed by atoms with Gasteiger partial charge in [-0.1, -0.05) is 0 Å². The van der Waals surface area contributed by atoms with Crippen molar-refractivity contribution >= 4 is 21.7 Å². The van der Waals surface area contributed by atoms with Crippen LogP contribution >= 0.6 is 0 Å². The summed E-state index contributed by atoms with van der Waals surface area (Å²) >= 11 is 0. The zero-order valence-corrected chi connectivity index (χ0v) is 13.0. The molecule has 2 atom stereocenters. The summed E-state index contributed by atoms with van der Waals surface area (Å²) in [5, 5.41) is 2.84. The van der Waals surface area contributed by atoms with Crippen molar-refractivity contribution in [1.29, 1.82) is 0 Å². The van der Waals surface area contributed by atoms with E-state index in [4.69, 9.17) is 0 Å². The van der Waals surface area contributed by atoms with E-state index < -0.39 is 21.4 Å². The smallest absolute Gasteiger partial charge is 0.248 e. The van der Waals surface area contributed by atoms with Crippen LogP contribution in [0.15, 0.2) is 0 Å². The normalized spacial score (nSPS) is 29.9. The Morgan fingerprint density at radius 3 is 2.50 bits per heavy atom. The van der Waals surface area contributed by atoms with E-state index in [2.05, 4.69) is 5.32 Å². The van der Waals surface area contributed by atoms with Gasteiger partial charge in [-0.15, -0.1) is 0 Å². The summed E-state index contributed by atoms with van der Waals surface area (Å²) in [4.78, 5) is 26.1. The third kappa shape index (κ3) is 3.13. The molecule has 2 unspecified atom stereocenters. The summed E-state index contributed by atoms with van der Waals surface area (Å²) in [7, 11) is -3.16. The molecule has 114 valence electrons. The second-order valence-corrected chi connectivity index (χ2v) is 8.40. The largest absolute Gasteiger partial charge is 0.342 e. The Labute approximate surface area is 119 Å². The number of rotatable bonds is 4. The molecule has 1 saturated heterocycles. The third-order valence-corrected chi connectivity index (χ3v) is 5.24. The summed E-state index contributed by atoms with van der Waals surface area (Å²) < 4.78 is 22.9. The molecule has 2 amide bonds. The van der Waals surface area contributed by atoms with Crippen LogP contribution in [0.3, 0.4) is 0 Å².